The van der Waals surface area contributed by atoms with Crippen molar-refractivity contribution in [1.82, 2.24) is 10.2 Å². The van der Waals surface area contributed by atoms with E-state index in [0.29, 0.717) is 12.1 Å². The smallest absolute Gasteiger partial charge is 0.0471 e. The topological polar surface area (TPSA) is 18.5 Å². The van der Waals surface area contributed by atoms with E-state index in [9.17, 15) is 0 Å². The molecule has 1 fully saturated rings. The molecule has 0 spiro atoms. The molecule has 0 aliphatic carbocycles. The van der Waals surface area contributed by atoms with Gasteiger partial charge in [0.15, 0.2) is 0 Å². The van der Waals surface area contributed by atoms with E-state index < -0.39 is 0 Å². The van der Waals surface area contributed by atoms with Crippen LogP contribution in [0.2, 0.25) is 5.02 Å². The maximum absolute atomic E-state index is 6.47. The molecule has 118 valence electrons. The van der Waals surface area contributed by atoms with E-state index in [0.717, 1.165) is 24.7 Å². The van der Waals surface area contributed by atoms with E-state index in [4.69, 9.17) is 11.6 Å². The third-order valence-corrected chi connectivity index (χ3v) is 4.40. The zero-order chi connectivity index (χ0) is 15.4. The first kappa shape index (κ1) is 16.6. The summed E-state index contributed by atoms with van der Waals surface area (Å²) in [6, 6.07) is 7.35. The normalized spacial score (nSPS) is 19.0. The van der Waals surface area contributed by atoms with E-state index in [-0.39, 0.29) is 0 Å². The largest absolute Gasteiger partial charge is 0.367 e. The van der Waals surface area contributed by atoms with Crippen molar-refractivity contribution in [3.05, 3.63) is 28.8 Å². The summed E-state index contributed by atoms with van der Waals surface area (Å²) < 4.78 is 0. The maximum atomic E-state index is 6.47. The minimum Gasteiger partial charge on any atom is -0.367 e. The second-order valence-electron chi connectivity index (χ2n) is 6.52. The molecule has 1 N–H and O–H groups in total. The summed E-state index contributed by atoms with van der Waals surface area (Å²) in [7, 11) is 4.30. The third kappa shape index (κ3) is 4.35. The fourth-order valence-corrected chi connectivity index (χ4v) is 3.30. The first-order valence-corrected chi connectivity index (χ1v) is 8.29. The molecule has 2 rings (SSSR count). The summed E-state index contributed by atoms with van der Waals surface area (Å²) in [5.41, 5.74) is 2.54. The van der Waals surface area contributed by atoms with Crippen LogP contribution in [-0.2, 0) is 6.54 Å². The Kier molecular flexibility index (Phi) is 5.91. The number of rotatable bonds is 6. The van der Waals surface area contributed by atoms with E-state index in [2.05, 4.69) is 55.2 Å². The lowest BCUT2D eigenvalue weighted by Gasteiger charge is -2.31. The predicted molar refractivity (Wildman–Crippen MR) is 92.3 cm³/mol. The minimum atomic E-state index is 0.463. The van der Waals surface area contributed by atoms with Gasteiger partial charge in [-0.1, -0.05) is 31.5 Å². The van der Waals surface area contributed by atoms with Crippen LogP contribution in [0, 0.1) is 0 Å². The number of nitrogens with one attached hydrogen (secondary N) is 1. The van der Waals surface area contributed by atoms with Crippen LogP contribution in [0.4, 0.5) is 5.69 Å². The van der Waals surface area contributed by atoms with E-state index in [1.165, 1.54) is 24.1 Å². The molecule has 1 aliphatic rings. The van der Waals surface area contributed by atoms with Crippen molar-refractivity contribution in [3.8, 4) is 0 Å². The summed E-state index contributed by atoms with van der Waals surface area (Å²) in [6.45, 7) is 7.40. The molecule has 0 amide bonds. The third-order valence-electron chi connectivity index (χ3n) is 4.04. The lowest BCUT2D eigenvalue weighted by atomic mass is 10.1. The fourth-order valence-electron chi connectivity index (χ4n) is 3.06. The van der Waals surface area contributed by atoms with Crippen LogP contribution in [0.25, 0.3) is 0 Å². The van der Waals surface area contributed by atoms with E-state index in [1.54, 1.807) is 0 Å². The second-order valence-corrected chi connectivity index (χ2v) is 6.93. The van der Waals surface area contributed by atoms with Gasteiger partial charge in [0, 0.05) is 48.0 Å². The molecule has 4 heteroatoms. The van der Waals surface area contributed by atoms with Crippen molar-refractivity contribution in [1.29, 1.82) is 0 Å². The number of hydrogen-bond donors (Lipinski definition) is 1. The van der Waals surface area contributed by atoms with Gasteiger partial charge in [0.25, 0.3) is 0 Å². The van der Waals surface area contributed by atoms with Crippen molar-refractivity contribution < 1.29 is 0 Å². The van der Waals surface area contributed by atoms with Crippen molar-refractivity contribution in [2.75, 3.05) is 32.1 Å². The van der Waals surface area contributed by atoms with Crippen LogP contribution in [0.3, 0.4) is 0 Å². The van der Waals surface area contributed by atoms with E-state index in [1.807, 2.05) is 6.07 Å². The first-order chi connectivity index (χ1) is 9.99. The van der Waals surface area contributed by atoms with Crippen molar-refractivity contribution in [3.63, 3.8) is 0 Å². The quantitative estimate of drug-likeness (QED) is 0.869. The number of halogens is 1. The number of benzene rings is 1. The van der Waals surface area contributed by atoms with Crippen molar-refractivity contribution >= 4 is 17.3 Å². The molecule has 21 heavy (non-hydrogen) atoms. The van der Waals surface area contributed by atoms with Gasteiger partial charge in [-0.2, -0.15) is 0 Å². The molecule has 1 aliphatic heterocycles. The van der Waals surface area contributed by atoms with Crippen molar-refractivity contribution in [2.24, 2.45) is 0 Å². The predicted octanol–water partition coefficient (Wildman–Crippen LogP) is 3.37. The van der Waals surface area contributed by atoms with Gasteiger partial charge in [0.1, 0.15) is 0 Å². The van der Waals surface area contributed by atoms with Crippen LogP contribution in [0.1, 0.15) is 32.3 Å². The standard InChI is InChI=1S/C17H28ClN3/c1-13(2)19-11-15-16(18)8-5-9-17(15)21-10-6-7-14(21)12-20(3)4/h5,8-9,13-14,19H,6-7,10-12H2,1-4H3. The van der Waals surface area contributed by atoms with Gasteiger partial charge >= 0.3 is 0 Å². The highest BCUT2D eigenvalue weighted by Gasteiger charge is 2.27. The van der Waals surface area contributed by atoms with Crippen LogP contribution >= 0.6 is 11.6 Å². The Morgan fingerprint density at radius 1 is 1.38 bits per heavy atom. The van der Waals surface area contributed by atoms with Gasteiger partial charge in [-0.3, -0.25) is 0 Å². The maximum Gasteiger partial charge on any atom is 0.0471 e. The number of nitrogens with zero attached hydrogens (tertiary/aromatic N) is 2. The Morgan fingerprint density at radius 2 is 2.14 bits per heavy atom. The van der Waals surface area contributed by atoms with Gasteiger partial charge in [-0.15, -0.1) is 0 Å². The fraction of sp³-hybridized carbons (Fsp3) is 0.647. The van der Waals surface area contributed by atoms with Gasteiger partial charge in [-0.25, -0.2) is 0 Å². The molecule has 1 atom stereocenters. The summed E-state index contributed by atoms with van der Waals surface area (Å²) in [4.78, 5) is 4.82. The highest BCUT2D eigenvalue weighted by molar-refractivity contribution is 6.31. The van der Waals surface area contributed by atoms with Gasteiger partial charge in [0.05, 0.1) is 0 Å². The molecular weight excluding hydrogens is 282 g/mol. The molecule has 3 nitrogen and oxygen atoms in total. The molecule has 0 radical (unpaired) electrons. The molecule has 0 aromatic heterocycles. The lowest BCUT2D eigenvalue weighted by Crippen LogP contribution is -2.38. The van der Waals surface area contributed by atoms with Gasteiger partial charge in [-0.05, 0) is 39.1 Å². The van der Waals surface area contributed by atoms with Gasteiger partial charge < -0.3 is 15.1 Å². The summed E-state index contributed by atoms with van der Waals surface area (Å²) in [5, 5.41) is 4.37. The average molecular weight is 310 g/mol. The summed E-state index contributed by atoms with van der Waals surface area (Å²) in [6.07, 6.45) is 2.53. The minimum absolute atomic E-state index is 0.463. The average Bonchev–Trinajstić information content (AvgIpc) is 2.84. The number of hydrogen-bond acceptors (Lipinski definition) is 3. The molecule has 1 aromatic rings. The zero-order valence-corrected chi connectivity index (χ0v) is 14.5. The van der Waals surface area contributed by atoms with Crippen LogP contribution in [-0.4, -0.2) is 44.2 Å². The zero-order valence-electron chi connectivity index (χ0n) is 13.7. The Morgan fingerprint density at radius 3 is 2.81 bits per heavy atom. The monoisotopic (exact) mass is 309 g/mol. The molecule has 0 bridgehead atoms. The lowest BCUT2D eigenvalue weighted by molar-refractivity contribution is 0.372. The Hall–Kier alpha value is -0.770. The number of likely N-dealkylation sites (N-methyl/N-ethyl adjacent to an activating group) is 1. The Labute approximate surface area is 134 Å². The highest BCUT2D eigenvalue weighted by Crippen LogP contribution is 2.32. The molecule has 1 saturated heterocycles. The summed E-state index contributed by atoms with van der Waals surface area (Å²) >= 11 is 6.47. The molecule has 1 aromatic carbocycles. The molecule has 1 heterocycles. The second kappa shape index (κ2) is 7.48. The number of anilines is 1. The molecule has 1 unspecified atom stereocenters. The highest BCUT2D eigenvalue weighted by atomic mass is 35.5. The van der Waals surface area contributed by atoms with E-state index >= 15 is 0 Å². The molecule has 0 saturated carbocycles. The SMILES string of the molecule is CC(C)NCc1c(Cl)cccc1N1CCCC1CN(C)C. The Balaban J connectivity index is 2.23. The van der Waals surface area contributed by atoms with Crippen LogP contribution < -0.4 is 10.2 Å². The van der Waals surface area contributed by atoms with Crippen LogP contribution in [0.15, 0.2) is 18.2 Å². The van der Waals surface area contributed by atoms with Gasteiger partial charge in [0.2, 0.25) is 0 Å². The Bertz CT molecular complexity index is 459. The summed E-state index contributed by atoms with van der Waals surface area (Å²) in [5.74, 6) is 0. The van der Waals surface area contributed by atoms with Crippen molar-refractivity contribution in [2.45, 2.75) is 45.3 Å². The van der Waals surface area contributed by atoms with Crippen LogP contribution in [0.5, 0.6) is 0 Å². The first-order valence-electron chi connectivity index (χ1n) is 7.91. The molecular formula is C17H28ClN3.